The normalized spacial score (nSPS) is 39.7. The van der Waals surface area contributed by atoms with Crippen LogP contribution in [0.3, 0.4) is 0 Å². The Kier molecular flexibility index (Phi) is 9.12. The number of rotatable bonds is 14. The predicted octanol–water partition coefficient (Wildman–Crippen LogP) is 6.90. The highest BCUT2D eigenvalue weighted by atomic mass is 16.5. The molecular formula is C39H59N3O4. The highest BCUT2D eigenvalue weighted by molar-refractivity contribution is 5.90. The molecule has 0 amide bonds. The third kappa shape index (κ3) is 5.05. The van der Waals surface area contributed by atoms with E-state index < -0.39 is 22.2 Å². The molecule has 0 radical (unpaired) electrons. The number of fused-ring (bicyclic) bond motifs is 2. The average Bonchev–Trinajstić information content (AvgIpc) is 3.72. The first-order chi connectivity index (χ1) is 21.8. The maximum atomic E-state index is 14.1. The number of aromatic nitrogens is 1. The van der Waals surface area contributed by atoms with Crippen molar-refractivity contribution in [1.29, 1.82) is 0 Å². The van der Waals surface area contributed by atoms with Crippen LogP contribution in [0.2, 0.25) is 0 Å². The van der Waals surface area contributed by atoms with Crippen molar-refractivity contribution in [3.8, 4) is 0 Å². The fourth-order valence-electron chi connectivity index (χ4n) is 11.6. The summed E-state index contributed by atoms with van der Waals surface area (Å²) in [5.74, 6) is 0.687. The number of carbonyl (C=O) groups is 2. The molecular weight excluding hydrogens is 574 g/mol. The number of nitrogens with zero attached hydrogens (tertiary/aromatic N) is 2. The van der Waals surface area contributed by atoms with Crippen LogP contribution < -0.4 is 5.73 Å². The molecule has 1 saturated heterocycles. The van der Waals surface area contributed by atoms with Gasteiger partial charge in [-0.1, -0.05) is 64.7 Å². The van der Waals surface area contributed by atoms with Gasteiger partial charge in [-0.2, -0.15) is 0 Å². The summed E-state index contributed by atoms with van der Waals surface area (Å²) >= 11 is 0. The van der Waals surface area contributed by atoms with Gasteiger partial charge in [0.1, 0.15) is 11.7 Å². The summed E-state index contributed by atoms with van der Waals surface area (Å²) < 4.78 is 7.38. The number of hydrogen-bond acceptors (Lipinski definition) is 6. The summed E-state index contributed by atoms with van der Waals surface area (Å²) in [6.07, 6.45) is 13.7. The quantitative estimate of drug-likeness (QED) is 0.170. The van der Waals surface area contributed by atoms with Crippen LogP contribution in [0.15, 0.2) is 36.0 Å². The molecule has 2 heterocycles. The van der Waals surface area contributed by atoms with Gasteiger partial charge in [-0.05, 0) is 100 Å². The Morgan fingerprint density at radius 1 is 1.26 bits per heavy atom. The molecule has 46 heavy (non-hydrogen) atoms. The summed E-state index contributed by atoms with van der Waals surface area (Å²) in [6, 6.07) is 6.08. The van der Waals surface area contributed by atoms with E-state index in [1.54, 1.807) is 0 Å². The van der Waals surface area contributed by atoms with Crippen LogP contribution >= 0.6 is 0 Å². The van der Waals surface area contributed by atoms with Crippen molar-refractivity contribution in [3.63, 3.8) is 0 Å². The molecule has 5 aliphatic rings. The second-order valence-electron chi connectivity index (χ2n) is 17.0. The molecule has 3 N–H and O–H groups in total. The van der Waals surface area contributed by atoms with E-state index in [0.29, 0.717) is 24.2 Å². The predicted molar refractivity (Wildman–Crippen MR) is 181 cm³/mol. The molecule has 1 aromatic rings. The molecule has 10 atom stereocenters. The Bertz CT molecular complexity index is 1310. The molecule has 4 fully saturated rings. The van der Waals surface area contributed by atoms with Gasteiger partial charge >= 0.3 is 5.97 Å². The number of hydrogen-bond donors (Lipinski definition) is 2. The van der Waals surface area contributed by atoms with Gasteiger partial charge in [0.2, 0.25) is 0 Å². The standard InChI is InChI=1S/C39H59N3O4/c1-7-8-11-27-18-34(46-33(27)23-42(17-15-36(5,6)40)22-29-12-9-10-16-41-29)38-21-30-26(4)13-14-31(30)37(24-43)20-28(38)19-32(25(2)3)39(37,38)35(44)45/h9-10,12,16,19,24-28,30-31,33-34H,7-8,11,13-15,17-18,20-23,40H2,1-6H3,(H,44,45)/t26-,27?,28?,30-,31-,33?,34?,37?,38?,39?/m1/s1. The van der Waals surface area contributed by atoms with Crippen molar-refractivity contribution in [2.24, 2.45) is 57.5 Å². The minimum absolute atomic E-state index is 0.00627. The summed E-state index contributed by atoms with van der Waals surface area (Å²) in [4.78, 5) is 34.8. The van der Waals surface area contributed by atoms with Gasteiger partial charge in [-0.15, -0.1) is 0 Å². The first-order valence-corrected chi connectivity index (χ1v) is 18.3. The maximum Gasteiger partial charge on any atom is 0.315 e. The Labute approximate surface area is 277 Å². The van der Waals surface area contributed by atoms with E-state index >= 15 is 0 Å². The molecule has 0 spiro atoms. The lowest BCUT2D eigenvalue weighted by Crippen LogP contribution is -2.65. The number of allylic oxidation sites excluding steroid dienone is 1. The number of ether oxygens (including phenoxy) is 1. The zero-order valence-corrected chi connectivity index (χ0v) is 29.2. The summed E-state index contributed by atoms with van der Waals surface area (Å²) in [5, 5.41) is 11.6. The number of carboxylic acid groups (broad SMARTS) is 1. The summed E-state index contributed by atoms with van der Waals surface area (Å²) in [6.45, 7) is 15.3. The summed E-state index contributed by atoms with van der Waals surface area (Å²) in [7, 11) is 0. The lowest BCUT2D eigenvalue weighted by atomic mass is 9.41. The Balaban J connectivity index is 1.39. The fourth-order valence-corrected chi connectivity index (χ4v) is 11.6. The van der Waals surface area contributed by atoms with E-state index in [0.717, 1.165) is 88.6 Å². The fraction of sp³-hybridized carbons (Fsp3) is 0.769. The zero-order chi connectivity index (χ0) is 33.1. The first kappa shape index (κ1) is 33.8. The third-order valence-corrected chi connectivity index (χ3v) is 13.5. The van der Waals surface area contributed by atoms with E-state index in [1.807, 2.05) is 18.3 Å². The van der Waals surface area contributed by atoms with E-state index in [9.17, 15) is 14.7 Å². The van der Waals surface area contributed by atoms with Crippen molar-refractivity contribution >= 4 is 12.3 Å². The van der Waals surface area contributed by atoms with Gasteiger partial charge in [0.25, 0.3) is 0 Å². The smallest absolute Gasteiger partial charge is 0.315 e. The van der Waals surface area contributed by atoms with Gasteiger partial charge in [0, 0.05) is 36.8 Å². The number of carboxylic acids is 1. The number of aliphatic carboxylic acids is 1. The van der Waals surface area contributed by atoms with Gasteiger partial charge in [0.05, 0.1) is 23.3 Å². The largest absolute Gasteiger partial charge is 0.481 e. The Hall–Kier alpha value is -2.09. The lowest BCUT2D eigenvalue weighted by Gasteiger charge is -2.60. The van der Waals surface area contributed by atoms with Crippen LogP contribution in [0.5, 0.6) is 0 Å². The van der Waals surface area contributed by atoms with Crippen LogP contribution in [0, 0.1) is 51.8 Å². The molecule has 1 aliphatic heterocycles. The van der Waals surface area contributed by atoms with Gasteiger partial charge < -0.3 is 20.4 Å². The van der Waals surface area contributed by atoms with Crippen molar-refractivity contribution in [2.75, 3.05) is 13.1 Å². The minimum Gasteiger partial charge on any atom is -0.481 e. The third-order valence-electron chi connectivity index (χ3n) is 13.5. The second-order valence-corrected chi connectivity index (χ2v) is 17.0. The number of aldehydes is 1. The molecule has 4 bridgehead atoms. The Morgan fingerprint density at radius 2 is 2.04 bits per heavy atom. The minimum atomic E-state index is -1.20. The number of carbonyl (C=O) groups excluding carboxylic acids is 1. The molecule has 0 aromatic carbocycles. The maximum absolute atomic E-state index is 14.1. The molecule has 6 rings (SSSR count). The van der Waals surface area contributed by atoms with E-state index in [4.69, 9.17) is 10.5 Å². The van der Waals surface area contributed by atoms with E-state index in [2.05, 4.69) is 63.6 Å². The second kappa shape index (κ2) is 12.4. The molecule has 7 nitrogen and oxygen atoms in total. The number of nitrogens with two attached hydrogens (primary N) is 1. The van der Waals surface area contributed by atoms with Crippen LogP contribution in [0.25, 0.3) is 0 Å². The van der Waals surface area contributed by atoms with Crippen LogP contribution in [0.4, 0.5) is 0 Å². The molecule has 4 aliphatic carbocycles. The van der Waals surface area contributed by atoms with Gasteiger partial charge in [-0.3, -0.25) is 14.7 Å². The monoisotopic (exact) mass is 633 g/mol. The number of unbranched alkanes of at least 4 members (excludes halogenated alkanes) is 1. The topological polar surface area (TPSA) is 106 Å². The Morgan fingerprint density at radius 3 is 2.67 bits per heavy atom. The zero-order valence-electron chi connectivity index (χ0n) is 29.2. The molecule has 3 saturated carbocycles. The van der Waals surface area contributed by atoms with Crippen LogP contribution in [-0.2, 0) is 20.9 Å². The highest BCUT2D eigenvalue weighted by Gasteiger charge is 2.86. The molecule has 1 aromatic heterocycles. The van der Waals surface area contributed by atoms with E-state index in [1.165, 1.54) is 0 Å². The van der Waals surface area contributed by atoms with Crippen molar-refractivity contribution in [2.45, 2.75) is 124 Å². The van der Waals surface area contributed by atoms with Crippen LogP contribution in [-0.4, -0.2) is 58.1 Å². The highest BCUT2D eigenvalue weighted by Crippen LogP contribution is 2.84. The van der Waals surface area contributed by atoms with E-state index in [-0.39, 0.29) is 35.5 Å². The van der Waals surface area contributed by atoms with Crippen molar-refractivity contribution in [1.82, 2.24) is 9.88 Å². The van der Waals surface area contributed by atoms with Crippen molar-refractivity contribution < 1.29 is 19.4 Å². The van der Waals surface area contributed by atoms with Gasteiger partial charge in [0.15, 0.2) is 0 Å². The molecule has 254 valence electrons. The lowest BCUT2D eigenvalue weighted by molar-refractivity contribution is -0.197. The summed E-state index contributed by atoms with van der Waals surface area (Å²) in [5.41, 5.74) is 5.57. The SMILES string of the molecule is CCCCC1CC(C23C[C@@H]4[C@H](C)CC[C@H]4C4(C=O)CC2C=C(C(C)C)C34C(=O)O)OC1CN(CCC(C)(C)N)Cc1ccccn1. The number of pyridine rings is 1. The molecule has 7 heteroatoms. The van der Waals surface area contributed by atoms with Crippen LogP contribution in [0.1, 0.15) is 105 Å². The average molecular weight is 634 g/mol. The van der Waals surface area contributed by atoms with Gasteiger partial charge in [-0.25, -0.2) is 0 Å². The first-order valence-electron chi connectivity index (χ1n) is 18.3. The molecule has 7 unspecified atom stereocenters. The van der Waals surface area contributed by atoms with Crippen molar-refractivity contribution in [3.05, 3.63) is 41.7 Å².